The van der Waals surface area contributed by atoms with Gasteiger partial charge in [-0.25, -0.2) is 9.59 Å². The number of esters is 2. The first-order valence-corrected chi connectivity index (χ1v) is 7.28. The molecule has 0 spiro atoms. The van der Waals surface area contributed by atoms with Crippen molar-refractivity contribution in [2.45, 2.75) is 33.6 Å². The van der Waals surface area contributed by atoms with Crippen LogP contribution >= 0.6 is 0 Å². The van der Waals surface area contributed by atoms with E-state index in [4.69, 9.17) is 4.74 Å². The molecule has 0 bridgehead atoms. The van der Waals surface area contributed by atoms with Crippen molar-refractivity contribution in [2.24, 2.45) is 5.41 Å². The summed E-state index contributed by atoms with van der Waals surface area (Å²) >= 11 is 0. The number of nitrogens with one attached hydrogen (secondary N) is 1. The van der Waals surface area contributed by atoms with Crippen molar-refractivity contribution in [3.05, 3.63) is 29.3 Å². The van der Waals surface area contributed by atoms with Crippen molar-refractivity contribution in [1.82, 2.24) is 0 Å². The molecule has 1 aromatic rings. The lowest BCUT2D eigenvalue weighted by molar-refractivity contribution is -0.116. The minimum atomic E-state index is -0.590. The van der Waals surface area contributed by atoms with Crippen molar-refractivity contribution in [2.75, 3.05) is 19.5 Å². The number of benzene rings is 1. The van der Waals surface area contributed by atoms with Gasteiger partial charge in [-0.2, -0.15) is 0 Å². The maximum Gasteiger partial charge on any atom is 0.339 e. The molecule has 0 saturated carbocycles. The molecule has 126 valence electrons. The number of methoxy groups -OCH3 is 2. The predicted octanol–water partition coefficient (Wildman–Crippen LogP) is 3.02. The number of carbonyl (C=O) groups is 3. The van der Waals surface area contributed by atoms with Gasteiger partial charge in [0.15, 0.2) is 0 Å². The van der Waals surface area contributed by atoms with Gasteiger partial charge >= 0.3 is 11.9 Å². The summed E-state index contributed by atoms with van der Waals surface area (Å²) < 4.78 is 9.34. The van der Waals surface area contributed by atoms with E-state index in [9.17, 15) is 14.4 Å². The highest BCUT2D eigenvalue weighted by Crippen LogP contribution is 2.23. The fourth-order valence-electron chi connectivity index (χ4n) is 1.88. The Hall–Kier alpha value is -2.37. The Kier molecular flexibility index (Phi) is 6.30. The van der Waals surface area contributed by atoms with Crippen molar-refractivity contribution >= 4 is 23.5 Å². The van der Waals surface area contributed by atoms with E-state index < -0.39 is 11.9 Å². The zero-order valence-corrected chi connectivity index (χ0v) is 14.2. The van der Waals surface area contributed by atoms with Crippen molar-refractivity contribution in [3.8, 4) is 0 Å². The van der Waals surface area contributed by atoms with E-state index in [0.29, 0.717) is 12.8 Å². The van der Waals surface area contributed by atoms with E-state index in [0.717, 1.165) is 0 Å². The van der Waals surface area contributed by atoms with Crippen molar-refractivity contribution < 1.29 is 23.9 Å². The number of hydrogen-bond acceptors (Lipinski definition) is 5. The molecule has 0 atom stereocenters. The van der Waals surface area contributed by atoms with Gasteiger partial charge in [-0.05, 0) is 30.0 Å². The molecular formula is C17H23NO5. The Morgan fingerprint density at radius 1 is 1.04 bits per heavy atom. The van der Waals surface area contributed by atoms with E-state index in [2.05, 4.69) is 10.1 Å². The van der Waals surface area contributed by atoms with Crippen LogP contribution in [0.1, 0.15) is 54.3 Å². The van der Waals surface area contributed by atoms with Crippen LogP contribution in [0.4, 0.5) is 5.69 Å². The minimum absolute atomic E-state index is 0.0242. The first-order valence-electron chi connectivity index (χ1n) is 7.28. The average Bonchev–Trinajstić information content (AvgIpc) is 2.50. The summed E-state index contributed by atoms with van der Waals surface area (Å²) in [6.45, 7) is 6.12. The van der Waals surface area contributed by atoms with Crippen LogP contribution in [0.2, 0.25) is 0 Å². The second-order valence-electron chi connectivity index (χ2n) is 6.35. The number of ether oxygens (including phenoxy) is 2. The number of hydrogen-bond donors (Lipinski definition) is 1. The summed E-state index contributed by atoms with van der Waals surface area (Å²) in [6, 6.07) is 4.29. The molecule has 1 N–H and O–H groups in total. The van der Waals surface area contributed by atoms with Gasteiger partial charge in [0, 0.05) is 6.42 Å². The topological polar surface area (TPSA) is 81.7 Å². The summed E-state index contributed by atoms with van der Waals surface area (Å²) in [7, 11) is 2.51. The summed E-state index contributed by atoms with van der Waals surface area (Å²) in [6.07, 6.45) is 1.01. The zero-order chi connectivity index (χ0) is 17.6. The van der Waals surface area contributed by atoms with Gasteiger partial charge in [0.05, 0.1) is 31.0 Å². The van der Waals surface area contributed by atoms with E-state index in [-0.39, 0.29) is 28.1 Å². The molecule has 0 fully saturated rings. The summed E-state index contributed by atoms with van der Waals surface area (Å²) in [5.41, 5.74) is 0.685. The second-order valence-corrected chi connectivity index (χ2v) is 6.35. The largest absolute Gasteiger partial charge is 0.465 e. The fraction of sp³-hybridized carbons (Fsp3) is 0.471. The van der Waals surface area contributed by atoms with Crippen molar-refractivity contribution in [1.29, 1.82) is 0 Å². The van der Waals surface area contributed by atoms with Crippen molar-refractivity contribution in [3.63, 3.8) is 0 Å². The number of amides is 1. The third kappa shape index (κ3) is 5.73. The Bertz CT molecular complexity index is 601. The highest BCUT2D eigenvalue weighted by molar-refractivity contribution is 6.03. The molecule has 0 radical (unpaired) electrons. The number of rotatable bonds is 5. The third-order valence-electron chi connectivity index (χ3n) is 3.22. The Balaban J connectivity index is 3.02. The van der Waals surface area contributed by atoms with Crippen LogP contribution in [0.15, 0.2) is 18.2 Å². The smallest absolute Gasteiger partial charge is 0.339 e. The lowest BCUT2D eigenvalue weighted by Crippen LogP contribution is -2.18. The zero-order valence-electron chi connectivity index (χ0n) is 14.2. The van der Waals surface area contributed by atoms with Gasteiger partial charge in [-0.1, -0.05) is 20.8 Å². The SMILES string of the molecule is COC(=O)c1ccc(C(=O)OC)c(NC(=O)CCC(C)(C)C)c1. The minimum Gasteiger partial charge on any atom is -0.465 e. The van der Waals surface area contributed by atoms with Crippen LogP contribution < -0.4 is 5.32 Å². The number of anilines is 1. The van der Waals surface area contributed by atoms with Gasteiger partial charge < -0.3 is 14.8 Å². The van der Waals surface area contributed by atoms with Gasteiger partial charge in [-0.15, -0.1) is 0 Å². The average molecular weight is 321 g/mol. The lowest BCUT2D eigenvalue weighted by Gasteiger charge is -2.18. The Morgan fingerprint density at radius 2 is 1.65 bits per heavy atom. The molecule has 0 saturated heterocycles. The fourth-order valence-corrected chi connectivity index (χ4v) is 1.88. The molecule has 0 aromatic heterocycles. The molecule has 6 nitrogen and oxygen atoms in total. The lowest BCUT2D eigenvalue weighted by atomic mass is 9.90. The Morgan fingerprint density at radius 3 is 2.17 bits per heavy atom. The summed E-state index contributed by atoms with van der Waals surface area (Å²) in [5.74, 6) is -1.37. The molecule has 0 heterocycles. The molecular weight excluding hydrogens is 298 g/mol. The van der Waals surface area contributed by atoms with Gasteiger partial charge in [0.2, 0.25) is 5.91 Å². The van der Waals surface area contributed by atoms with Crippen LogP contribution in [0, 0.1) is 5.41 Å². The molecule has 1 amide bonds. The second kappa shape index (κ2) is 7.76. The van der Waals surface area contributed by atoms with Crippen LogP contribution in [0.3, 0.4) is 0 Å². The normalized spacial score (nSPS) is 10.8. The van der Waals surface area contributed by atoms with Gasteiger partial charge in [-0.3, -0.25) is 4.79 Å². The molecule has 23 heavy (non-hydrogen) atoms. The Labute approximate surface area is 136 Å². The van der Waals surface area contributed by atoms with Crippen LogP contribution in [0.25, 0.3) is 0 Å². The molecule has 6 heteroatoms. The molecule has 0 aliphatic rings. The quantitative estimate of drug-likeness (QED) is 0.843. The number of carbonyl (C=O) groups excluding carboxylic acids is 3. The van der Waals surface area contributed by atoms with Gasteiger partial charge in [0.1, 0.15) is 0 Å². The standard InChI is InChI=1S/C17H23NO5/c1-17(2,3)9-8-14(19)18-13-10-11(15(20)22-4)6-7-12(13)16(21)23-5/h6-7,10H,8-9H2,1-5H3,(H,18,19). The van der Waals surface area contributed by atoms with E-state index >= 15 is 0 Å². The molecule has 0 unspecified atom stereocenters. The van der Waals surface area contributed by atoms with E-state index in [1.54, 1.807) is 0 Å². The van der Waals surface area contributed by atoms with E-state index in [1.165, 1.54) is 32.4 Å². The third-order valence-corrected chi connectivity index (χ3v) is 3.22. The molecule has 0 aliphatic carbocycles. The first-order chi connectivity index (χ1) is 10.7. The summed E-state index contributed by atoms with van der Waals surface area (Å²) in [4.78, 5) is 35.5. The van der Waals surface area contributed by atoms with E-state index in [1.807, 2.05) is 20.8 Å². The molecule has 1 aromatic carbocycles. The van der Waals surface area contributed by atoms with Gasteiger partial charge in [0.25, 0.3) is 0 Å². The maximum absolute atomic E-state index is 12.1. The van der Waals surface area contributed by atoms with Crippen LogP contribution in [0.5, 0.6) is 0 Å². The predicted molar refractivity (Wildman–Crippen MR) is 86.4 cm³/mol. The first kappa shape index (κ1) is 18.7. The monoisotopic (exact) mass is 321 g/mol. The molecule has 0 aliphatic heterocycles. The highest BCUT2D eigenvalue weighted by Gasteiger charge is 2.18. The van der Waals surface area contributed by atoms with Crippen LogP contribution in [-0.2, 0) is 14.3 Å². The van der Waals surface area contributed by atoms with Crippen LogP contribution in [-0.4, -0.2) is 32.1 Å². The highest BCUT2D eigenvalue weighted by atomic mass is 16.5. The maximum atomic E-state index is 12.1. The molecule has 1 rings (SSSR count). The summed E-state index contributed by atoms with van der Waals surface area (Å²) in [5, 5.41) is 2.67.